The molecule has 54 heavy (non-hydrogen) atoms. The SMILES string of the molecule is N#Cc1nc(-n2c3ccc(-c4ccccc4)cc3c3cc(-c4ccc5c(c4)c4ccc6ccccc6c4n5-c4ccccc4)ccc32)nc2ccccc12. The van der Waals surface area contributed by atoms with Gasteiger partial charge in [0.1, 0.15) is 6.07 Å². The van der Waals surface area contributed by atoms with Gasteiger partial charge < -0.3 is 4.57 Å². The topological polar surface area (TPSA) is 59.4 Å². The number of rotatable bonds is 4. The number of aromatic nitrogens is 4. The van der Waals surface area contributed by atoms with E-state index in [1.807, 2.05) is 30.3 Å². The molecular weight excluding hydrogens is 659 g/mol. The number of nitriles is 1. The number of fused-ring (bicyclic) bond motifs is 9. The summed E-state index contributed by atoms with van der Waals surface area (Å²) in [6.45, 7) is 0. The van der Waals surface area contributed by atoms with Gasteiger partial charge in [-0.2, -0.15) is 5.26 Å². The van der Waals surface area contributed by atoms with Gasteiger partial charge in [0.15, 0.2) is 5.69 Å². The quantitative estimate of drug-likeness (QED) is 0.185. The van der Waals surface area contributed by atoms with Crippen LogP contribution in [-0.2, 0) is 0 Å². The van der Waals surface area contributed by atoms with Gasteiger partial charge in [-0.25, -0.2) is 9.97 Å². The Hall–Kier alpha value is -7.55. The molecule has 0 saturated heterocycles. The molecule has 5 nitrogen and oxygen atoms in total. The van der Waals surface area contributed by atoms with Gasteiger partial charge in [-0.3, -0.25) is 4.57 Å². The summed E-state index contributed by atoms with van der Waals surface area (Å²) >= 11 is 0. The summed E-state index contributed by atoms with van der Waals surface area (Å²) in [7, 11) is 0. The fraction of sp³-hybridized carbons (Fsp3) is 0. The van der Waals surface area contributed by atoms with Crippen LogP contribution in [0.3, 0.4) is 0 Å². The third-order valence-corrected chi connectivity index (χ3v) is 10.8. The molecule has 0 aliphatic heterocycles. The molecule has 250 valence electrons. The molecule has 0 N–H and O–H groups in total. The Morgan fingerprint density at radius 1 is 0.407 bits per heavy atom. The molecule has 11 rings (SSSR count). The van der Waals surface area contributed by atoms with E-state index in [1.165, 1.54) is 32.6 Å². The summed E-state index contributed by atoms with van der Waals surface area (Å²) in [4.78, 5) is 9.82. The first-order chi connectivity index (χ1) is 26.7. The monoisotopic (exact) mass is 687 g/mol. The summed E-state index contributed by atoms with van der Waals surface area (Å²) in [5.74, 6) is 0.479. The fourth-order valence-electron chi connectivity index (χ4n) is 8.28. The predicted octanol–water partition coefficient (Wildman–Crippen LogP) is 12.2. The molecule has 3 heterocycles. The first-order valence-electron chi connectivity index (χ1n) is 18.1. The Balaban J connectivity index is 1.17. The number of benzene rings is 8. The van der Waals surface area contributed by atoms with Crippen LogP contribution in [0.25, 0.3) is 99.2 Å². The van der Waals surface area contributed by atoms with Crippen LogP contribution < -0.4 is 0 Å². The van der Waals surface area contributed by atoms with Gasteiger partial charge in [-0.05, 0) is 88.3 Å². The van der Waals surface area contributed by atoms with E-state index < -0.39 is 0 Å². The van der Waals surface area contributed by atoms with Crippen molar-refractivity contribution in [2.75, 3.05) is 0 Å². The number of para-hydroxylation sites is 2. The summed E-state index contributed by atoms with van der Waals surface area (Å²) in [5.41, 5.74) is 11.1. The second-order valence-corrected chi connectivity index (χ2v) is 13.8. The highest BCUT2D eigenvalue weighted by Gasteiger charge is 2.20. The summed E-state index contributed by atoms with van der Waals surface area (Å²) in [6.07, 6.45) is 0. The highest BCUT2D eigenvalue weighted by atomic mass is 15.2. The molecule has 3 aromatic heterocycles. The lowest BCUT2D eigenvalue weighted by molar-refractivity contribution is 1.00. The minimum Gasteiger partial charge on any atom is -0.309 e. The van der Waals surface area contributed by atoms with E-state index in [9.17, 15) is 5.26 Å². The minimum atomic E-state index is 0.360. The normalized spacial score (nSPS) is 11.7. The number of hydrogen-bond donors (Lipinski definition) is 0. The van der Waals surface area contributed by atoms with Crippen molar-refractivity contribution in [3.05, 3.63) is 182 Å². The first-order valence-corrected chi connectivity index (χ1v) is 18.1. The lowest BCUT2D eigenvalue weighted by atomic mass is 9.99. The molecule has 8 aromatic carbocycles. The zero-order valence-electron chi connectivity index (χ0n) is 29.0. The number of hydrogen-bond acceptors (Lipinski definition) is 3. The van der Waals surface area contributed by atoms with Crippen LogP contribution >= 0.6 is 0 Å². The van der Waals surface area contributed by atoms with E-state index in [1.54, 1.807) is 0 Å². The van der Waals surface area contributed by atoms with Crippen molar-refractivity contribution >= 4 is 65.3 Å². The van der Waals surface area contributed by atoms with Crippen LogP contribution in [0.2, 0.25) is 0 Å². The molecule has 0 aliphatic rings. The highest BCUT2D eigenvalue weighted by molar-refractivity contribution is 6.19. The van der Waals surface area contributed by atoms with Crippen molar-refractivity contribution in [2.45, 2.75) is 0 Å². The predicted molar refractivity (Wildman–Crippen MR) is 221 cm³/mol. The maximum absolute atomic E-state index is 10.1. The Bertz CT molecular complexity index is 3330. The van der Waals surface area contributed by atoms with Crippen molar-refractivity contribution < 1.29 is 0 Å². The second-order valence-electron chi connectivity index (χ2n) is 13.8. The zero-order valence-corrected chi connectivity index (χ0v) is 29.0. The average Bonchev–Trinajstić information content (AvgIpc) is 3.76. The van der Waals surface area contributed by atoms with Crippen molar-refractivity contribution in [3.8, 4) is 40.0 Å². The molecule has 0 amide bonds. The highest BCUT2D eigenvalue weighted by Crippen LogP contribution is 2.41. The van der Waals surface area contributed by atoms with Gasteiger partial charge in [0.05, 0.1) is 27.6 Å². The Kier molecular flexibility index (Phi) is 6.55. The van der Waals surface area contributed by atoms with Crippen molar-refractivity contribution in [2.24, 2.45) is 0 Å². The Labute approximate surface area is 310 Å². The lowest BCUT2D eigenvalue weighted by Gasteiger charge is -2.10. The first kappa shape index (κ1) is 30.1. The molecule has 11 aromatic rings. The zero-order chi connectivity index (χ0) is 35.8. The van der Waals surface area contributed by atoms with E-state index in [-0.39, 0.29) is 0 Å². The summed E-state index contributed by atoms with van der Waals surface area (Å²) in [5, 5.41) is 17.9. The third kappa shape index (κ3) is 4.51. The average molecular weight is 688 g/mol. The van der Waals surface area contributed by atoms with Gasteiger partial charge >= 0.3 is 0 Å². The molecule has 0 saturated carbocycles. The molecule has 5 heteroatoms. The van der Waals surface area contributed by atoms with E-state index in [2.05, 4.69) is 161 Å². The molecule has 0 atom stereocenters. The van der Waals surface area contributed by atoms with E-state index in [4.69, 9.17) is 9.97 Å². The van der Waals surface area contributed by atoms with E-state index >= 15 is 0 Å². The summed E-state index contributed by atoms with van der Waals surface area (Å²) < 4.78 is 4.50. The smallest absolute Gasteiger partial charge is 0.236 e. The summed E-state index contributed by atoms with van der Waals surface area (Å²) in [6, 6.07) is 64.3. The largest absolute Gasteiger partial charge is 0.309 e. The number of nitrogens with zero attached hydrogens (tertiary/aromatic N) is 5. The van der Waals surface area contributed by atoms with Crippen LogP contribution in [0.15, 0.2) is 176 Å². The van der Waals surface area contributed by atoms with Gasteiger partial charge in [0.2, 0.25) is 5.95 Å². The van der Waals surface area contributed by atoms with Crippen molar-refractivity contribution in [1.29, 1.82) is 5.26 Å². The Morgan fingerprint density at radius 3 is 1.65 bits per heavy atom. The lowest BCUT2D eigenvalue weighted by Crippen LogP contribution is -2.03. The molecular formula is C49H29N5. The third-order valence-electron chi connectivity index (χ3n) is 10.8. The maximum Gasteiger partial charge on any atom is 0.236 e. The van der Waals surface area contributed by atoms with Crippen LogP contribution in [0.5, 0.6) is 0 Å². The molecule has 0 aliphatic carbocycles. The fourth-order valence-corrected chi connectivity index (χ4v) is 8.28. The van der Waals surface area contributed by atoms with Gasteiger partial charge in [-0.15, -0.1) is 0 Å². The molecule has 0 bridgehead atoms. The van der Waals surface area contributed by atoms with Crippen LogP contribution in [0.1, 0.15) is 5.69 Å². The maximum atomic E-state index is 10.1. The molecule has 0 fully saturated rings. The standard InChI is InChI=1S/C49H29N5/c50-30-44-39-17-9-10-18-43(39)51-49(52-44)54-46-25-20-33(31-11-3-1-4-12-31)27-41(46)42-29-35(22-26-47(42)54)34-21-24-45-40(28-34)38-23-19-32-13-7-8-16-37(32)48(38)53(45)36-14-5-2-6-15-36/h1-29H. The van der Waals surface area contributed by atoms with Crippen molar-refractivity contribution in [3.63, 3.8) is 0 Å². The van der Waals surface area contributed by atoms with Crippen LogP contribution in [0.4, 0.5) is 0 Å². The van der Waals surface area contributed by atoms with Gasteiger partial charge in [-0.1, -0.05) is 115 Å². The van der Waals surface area contributed by atoms with Crippen molar-refractivity contribution in [1.82, 2.24) is 19.1 Å². The van der Waals surface area contributed by atoms with E-state index in [0.717, 1.165) is 60.6 Å². The van der Waals surface area contributed by atoms with E-state index in [0.29, 0.717) is 11.6 Å². The molecule has 0 spiro atoms. The second kappa shape index (κ2) is 11.7. The van der Waals surface area contributed by atoms with Crippen LogP contribution in [0, 0.1) is 11.3 Å². The van der Waals surface area contributed by atoms with Crippen LogP contribution in [-0.4, -0.2) is 19.1 Å². The molecule has 0 unspecified atom stereocenters. The van der Waals surface area contributed by atoms with Gasteiger partial charge in [0, 0.05) is 38.0 Å². The molecule has 0 radical (unpaired) electrons. The Morgan fingerprint density at radius 2 is 0.963 bits per heavy atom. The van der Waals surface area contributed by atoms with Gasteiger partial charge in [0.25, 0.3) is 0 Å². The minimum absolute atomic E-state index is 0.360.